The maximum atomic E-state index is 13.3. The van der Waals surface area contributed by atoms with Gasteiger partial charge in [0.2, 0.25) is 5.95 Å². The molecule has 0 aliphatic carbocycles. The molecule has 0 saturated carbocycles. The first-order valence-electron chi connectivity index (χ1n) is 12.8. The van der Waals surface area contributed by atoms with Crippen LogP contribution in [0.25, 0.3) is 11.0 Å². The number of carbonyl (C=O) groups is 1. The molecule has 1 atom stereocenters. The lowest BCUT2D eigenvalue weighted by Crippen LogP contribution is -2.35. The van der Waals surface area contributed by atoms with Crippen molar-refractivity contribution in [1.29, 1.82) is 0 Å². The summed E-state index contributed by atoms with van der Waals surface area (Å²) in [5.74, 6) is 4.00. The molecule has 1 saturated heterocycles. The molecule has 200 valence electrons. The van der Waals surface area contributed by atoms with Gasteiger partial charge >= 0.3 is 0 Å². The number of aryl methyl sites for hydroxylation is 1. The summed E-state index contributed by atoms with van der Waals surface area (Å²) >= 11 is 2.21. The quantitative estimate of drug-likeness (QED) is 0.253. The van der Waals surface area contributed by atoms with E-state index in [0.717, 1.165) is 59.7 Å². The van der Waals surface area contributed by atoms with E-state index in [-0.39, 0.29) is 17.8 Å². The third-order valence-electron chi connectivity index (χ3n) is 7.05. The number of likely N-dealkylation sites (tertiary alicyclic amines) is 1. The molecule has 2 aliphatic heterocycles. The Morgan fingerprint density at radius 1 is 1.29 bits per heavy atom. The van der Waals surface area contributed by atoms with Crippen molar-refractivity contribution in [3.05, 3.63) is 59.2 Å². The Balaban J connectivity index is 1.62. The zero-order valence-electron chi connectivity index (χ0n) is 21.6. The van der Waals surface area contributed by atoms with E-state index in [0.29, 0.717) is 37.8 Å². The average molecular weight is 645 g/mol. The normalized spacial score (nSPS) is 19.2. The molecule has 0 spiro atoms. The fourth-order valence-corrected chi connectivity index (χ4v) is 5.89. The molecule has 0 radical (unpaired) electrons. The number of aromatic nitrogens is 3. The van der Waals surface area contributed by atoms with Gasteiger partial charge in [-0.25, -0.2) is 4.98 Å². The Bertz CT molecular complexity index is 1390. The SMILES string of the molecule is Cc1cc(C(=O)Nc2nc3ccc4c(c3n2C2CCCCN(C([O-])=CC=PI)C2)CN(C)CCO4)ccn1. The van der Waals surface area contributed by atoms with Crippen LogP contribution in [0.15, 0.2) is 42.4 Å². The number of carbonyl (C=O) groups excluding carboxylic acids is 1. The van der Waals surface area contributed by atoms with E-state index in [1.807, 2.05) is 29.8 Å². The Morgan fingerprint density at radius 2 is 2.16 bits per heavy atom. The summed E-state index contributed by atoms with van der Waals surface area (Å²) in [5, 5.41) is 16.1. The van der Waals surface area contributed by atoms with E-state index in [4.69, 9.17) is 9.72 Å². The molecule has 38 heavy (non-hydrogen) atoms. The number of amides is 1. The number of rotatable bonds is 5. The van der Waals surface area contributed by atoms with Crippen LogP contribution in [0.1, 0.15) is 46.9 Å². The second kappa shape index (κ2) is 12.0. The molecular weight excluding hydrogens is 614 g/mol. The average Bonchev–Trinajstić information content (AvgIpc) is 3.04. The fraction of sp³-hybridized carbons (Fsp3) is 0.407. The number of benzene rings is 1. The largest absolute Gasteiger partial charge is 0.860 e. The number of anilines is 1. The number of hydrogen-bond donors (Lipinski definition) is 1. The number of imidazole rings is 1. The van der Waals surface area contributed by atoms with Crippen molar-refractivity contribution < 1.29 is 14.6 Å². The third kappa shape index (κ3) is 5.82. The minimum Gasteiger partial charge on any atom is -0.860 e. The van der Waals surface area contributed by atoms with Gasteiger partial charge in [0, 0.05) is 49.2 Å². The van der Waals surface area contributed by atoms with Crippen LogP contribution >= 0.6 is 27.9 Å². The van der Waals surface area contributed by atoms with Crippen LogP contribution in [0.2, 0.25) is 0 Å². The zero-order valence-corrected chi connectivity index (χ0v) is 24.6. The molecule has 3 aromatic rings. The summed E-state index contributed by atoms with van der Waals surface area (Å²) in [4.78, 5) is 26.6. The van der Waals surface area contributed by atoms with Crippen LogP contribution < -0.4 is 15.2 Å². The molecule has 1 unspecified atom stereocenters. The molecule has 1 N–H and O–H groups in total. The van der Waals surface area contributed by atoms with Gasteiger partial charge in [0.05, 0.1) is 17.1 Å². The standard InChI is InChI=1S/C27H32IN6O3P/c1-18-15-19(8-10-29-18)26(36)31-27-30-22-6-7-23-21(17-32(2)12-13-37-23)25(22)34(27)20-5-3-4-11-33(16-20)24(35)9-14-38-28/h6-10,14-15,20,35H,3-5,11-13,16-17H2,1-2H3,(H,30,31,36)/p-1. The number of likely N-dealkylation sites (N-methyl/N-ethyl adjacent to an activating group) is 1. The number of halogens is 1. The van der Waals surface area contributed by atoms with Gasteiger partial charge in [-0.2, -0.15) is 0 Å². The van der Waals surface area contributed by atoms with Crippen molar-refractivity contribution in [1.82, 2.24) is 24.3 Å². The molecule has 1 fully saturated rings. The fourth-order valence-electron chi connectivity index (χ4n) is 5.22. The Labute approximate surface area is 237 Å². The van der Waals surface area contributed by atoms with Crippen molar-refractivity contribution in [2.45, 2.75) is 38.8 Å². The first-order chi connectivity index (χ1) is 18.4. The summed E-state index contributed by atoms with van der Waals surface area (Å²) in [7, 11) is 2.08. The maximum absolute atomic E-state index is 13.3. The van der Waals surface area contributed by atoms with Crippen LogP contribution in [0.5, 0.6) is 5.75 Å². The highest BCUT2D eigenvalue weighted by Gasteiger charge is 2.28. The molecule has 4 heterocycles. The summed E-state index contributed by atoms with van der Waals surface area (Å²) in [6, 6.07) is 7.36. The van der Waals surface area contributed by atoms with Gasteiger partial charge in [-0.05, 0) is 103 Å². The first-order valence-corrected chi connectivity index (χ1v) is 16.5. The number of hydrogen-bond acceptors (Lipinski definition) is 7. The molecule has 1 aromatic carbocycles. The topological polar surface area (TPSA) is 98.6 Å². The van der Waals surface area contributed by atoms with Gasteiger partial charge in [0.1, 0.15) is 12.4 Å². The summed E-state index contributed by atoms with van der Waals surface area (Å²) in [6.45, 7) is 5.27. The monoisotopic (exact) mass is 645 g/mol. The number of ether oxygens (including phenoxy) is 1. The lowest BCUT2D eigenvalue weighted by atomic mass is 10.1. The van der Waals surface area contributed by atoms with Crippen LogP contribution in [-0.4, -0.2) is 69.3 Å². The van der Waals surface area contributed by atoms with Crippen LogP contribution in [-0.2, 0) is 6.54 Å². The lowest BCUT2D eigenvalue weighted by molar-refractivity contribution is -0.332. The number of pyridine rings is 1. The summed E-state index contributed by atoms with van der Waals surface area (Å²) in [5.41, 5.74) is 4.11. The molecule has 1 amide bonds. The van der Waals surface area contributed by atoms with Crippen molar-refractivity contribution in [3.63, 3.8) is 0 Å². The molecule has 5 rings (SSSR count). The Hall–Kier alpha value is -2.69. The van der Waals surface area contributed by atoms with Crippen molar-refractivity contribution in [2.75, 3.05) is 38.6 Å². The predicted octanol–water partition coefficient (Wildman–Crippen LogP) is 4.14. The number of allylic oxidation sites excluding steroid dienone is 1. The van der Waals surface area contributed by atoms with Crippen molar-refractivity contribution in [2.24, 2.45) is 0 Å². The van der Waals surface area contributed by atoms with E-state index < -0.39 is 0 Å². The Morgan fingerprint density at radius 3 is 2.97 bits per heavy atom. The number of nitrogens with one attached hydrogen (secondary N) is 1. The smallest absolute Gasteiger partial charge is 0.258 e. The maximum Gasteiger partial charge on any atom is 0.258 e. The van der Waals surface area contributed by atoms with Crippen LogP contribution in [0.3, 0.4) is 0 Å². The number of nitrogens with zero attached hydrogens (tertiary/aromatic N) is 5. The molecule has 9 nitrogen and oxygen atoms in total. The summed E-state index contributed by atoms with van der Waals surface area (Å²) < 4.78 is 8.27. The van der Waals surface area contributed by atoms with Gasteiger partial charge in [0.25, 0.3) is 5.91 Å². The van der Waals surface area contributed by atoms with E-state index in [1.54, 1.807) is 24.4 Å². The van der Waals surface area contributed by atoms with E-state index in [9.17, 15) is 9.90 Å². The van der Waals surface area contributed by atoms with Gasteiger partial charge in [0.15, 0.2) is 0 Å². The van der Waals surface area contributed by atoms with Crippen LogP contribution in [0, 0.1) is 6.92 Å². The highest BCUT2D eigenvalue weighted by Crippen LogP contribution is 2.37. The lowest BCUT2D eigenvalue weighted by Gasteiger charge is -2.33. The van der Waals surface area contributed by atoms with Crippen LogP contribution in [0.4, 0.5) is 5.95 Å². The minimum atomic E-state index is -0.239. The second-order valence-electron chi connectivity index (χ2n) is 9.79. The van der Waals surface area contributed by atoms with E-state index >= 15 is 0 Å². The van der Waals surface area contributed by atoms with E-state index in [1.165, 1.54) is 0 Å². The van der Waals surface area contributed by atoms with Gasteiger partial charge in [-0.1, -0.05) is 0 Å². The van der Waals surface area contributed by atoms with Crippen molar-refractivity contribution >= 4 is 56.6 Å². The van der Waals surface area contributed by atoms with Gasteiger partial charge in [-0.15, -0.1) is 0 Å². The Kier molecular flexibility index (Phi) is 8.50. The predicted molar refractivity (Wildman–Crippen MR) is 158 cm³/mol. The summed E-state index contributed by atoms with van der Waals surface area (Å²) in [6.07, 6.45) is 6.09. The molecule has 11 heteroatoms. The third-order valence-corrected chi connectivity index (χ3v) is 8.28. The zero-order chi connectivity index (χ0) is 26.6. The van der Waals surface area contributed by atoms with Gasteiger partial charge < -0.3 is 19.3 Å². The molecule has 2 aromatic heterocycles. The highest BCUT2D eigenvalue weighted by molar-refractivity contribution is 14.2. The number of fused-ring (bicyclic) bond motifs is 3. The second-order valence-corrected chi connectivity index (χ2v) is 12.0. The first kappa shape index (κ1) is 26.9. The molecule has 2 aliphatic rings. The van der Waals surface area contributed by atoms with E-state index in [2.05, 4.69) is 48.9 Å². The molecular formula is C27H31IN6O3P-. The van der Waals surface area contributed by atoms with Gasteiger partial charge in [-0.3, -0.25) is 20.0 Å². The molecule has 0 bridgehead atoms. The minimum absolute atomic E-state index is 0.0187. The van der Waals surface area contributed by atoms with Crippen molar-refractivity contribution in [3.8, 4) is 5.75 Å². The highest BCUT2D eigenvalue weighted by atomic mass is 127.